The number of likely N-dealkylation sites (N-methyl/N-ethyl adjacent to an activating group) is 1. The predicted octanol–water partition coefficient (Wildman–Crippen LogP) is 2.43. The molecule has 0 saturated carbocycles. The third-order valence-corrected chi connectivity index (χ3v) is 6.66. The zero-order valence-electron chi connectivity index (χ0n) is 15.4. The lowest BCUT2D eigenvalue weighted by molar-refractivity contribution is -0.959. The highest BCUT2D eigenvalue weighted by Crippen LogP contribution is 2.47. The molecule has 4 heterocycles. The average Bonchev–Trinajstić information content (AvgIpc) is 2.66. The van der Waals surface area contributed by atoms with Gasteiger partial charge in [0, 0.05) is 30.3 Å². The van der Waals surface area contributed by atoms with E-state index in [9.17, 15) is 10.2 Å². The van der Waals surface area contributed by atoms with Crippen LogP contribution in [-0.4, -0.2) is 58.6 Å². The van der Waals surface area contributed by atoms with Crippen molar-refractivity contribution in [3.63, 3.8) is 0 Å². The molecule has 5 atom stereocenters. The lowest BCUT2D eigenvalue weighted by atomic mass is 9.69. The van der Waals surface area contributed by atoms with Crippen molar-refractivity contribution in [1.82, 2.24) is 4.98 Å². The van der Waals surface area contributed by atoms with Crippen molar-refractivity contribution in [2.75, 3.05) is 27.2 Å². The second kappa shape index (κ2) is 6.05. The number of aliphatic hydroxyl groups is 2. The van der Waals surface area contributed by atoms with Crippen molar-refractivity contribution in [2.45, 2.75) is 30.6 Å². The van der Waals surface area contributed by atoms with E-state index in [-0.39, 0.29) is 12.0 Å². The monoisotopic (exact) mass is 355 g/mol. The van der Waals surface area contributed by atoms with E-state index in [1.165, 1.54) is 0 Å². The summed E-state index contributed by atoms with van der Waals surface area (Å²) in [5, 5.41) is 23.2. The normalized spacial score (nSPS) is 34.6. The number of nitrogens with zero attached hydrogens (tertiary/aromatic N) is 2. The van der Waals surface area contributed by atoms with E-state index >= 15 is 0 Å². The van der Waals surface area contributed by atoms with Gasteiger partial charge in [-0.3, -0.25) is 4.98 Å². The molecule has 2 aromatic rings. The van der Waals surface area contributed by atoms with Gasteiger partial charge in [0.1, 0.15) is 30.0 Å². The average molecular weight is 355 g/mol. The predicted molar refractivity (Wildman–Crippen MR) is 101 cm³/mol. The minimum absolute atomic E-state index is 0.0470. The SMILES string of the molecule is C=C[C@@]1(O)C[N+]2(C)CC[C@H]1C[C@@H]2[C@@H](O)c1ccnc2ccc(OC)cc12. The lowest BCUT2D eigenvalue weighted by Crippen LogP contribution is -2.71. The molecule has 2 bridgehead atoms. The number of piperidine rings is 3. The molecule has 0 aliphatic carbocycles. The summed E-state index contributed by atoms with van der Waals surface area (Å²) in [5.74, 6) is 0.910. The Morgan fingerprint density at radius 2 is 2.23 bits per heavy atom. The lowest BCUT2D eigenvalue weighted by Gasteiger charge is -2.58. The number of aromatic nitrogens is 1. The van der Waals surface area contributed by atoms with Crippen LogP contribution in [0.2, 0.25) is 0 Å². The summed E-state index contributed by atoms with van der Waals surface area (Å²) in [6.07, 6.45) is 4.59. The van der Waals surface area contributed by atoms with Crippen LogP contribution < -0.4 is 4.74 Å². The molecule has 138 valence electrons. The first-order valence-electron chi connectivity index (χ1n) is 9.21. The van der Waals surface area contributed by atoms with Crippen molar-refractivity contribution < 1.29 is 19.4 Å². The number of fused-ring (bicyclic) bond motifs is 4. The molecule has 0 spiro atoms. The van der Waals surface area contributed by atoms with Gasteiger partial charge < -0.3 is 19.4 Å². The minimum atomic E-state index is -0.827. The number of rotatable bonds is 4. The van der Waals surface area contributed by atoms with Gasteiger partial charge in [0.05, 0.1) is 26.2 Å². The first-order chi connectivity index (χ1) is 12.4. The number of methoxy groups -OCH3 is 1. The maximum absolute atomic E-state index is 11.3. The molecule has 1 aromatic heterocycles. The highest BCUT2D eigenvalue weighted by Gasteiger charge is 2.57. The summed E-state index contributed by atoms with van der Waals surface area (Å²) in [6.45, 7) is 5.42. The van der Waals surface area contributed by atoms with Crippen LogP contribution in [0.5, 0.6) is 5.75 Å². The standard InChI is InChI=1S/C21H27N2O3/c1-4-21(25)13-23(2)10-8-14(21)11-19(23)20(24)16-7-9-22-18-6-5-15(26-3)12-17(16)18/h4-7,9,12,14,19-20,24-25H,1,8,10-11,13H2,2-3H3/q+1/t14-,19+,20-,21+,23?/m0/s1. The Balaban J connectivity index is 1.74. The molecule has 3 aliphatic heterocycles. The molecule has 0 amide bonds. The molecule has 0 radical (unpaired) electrons. The van der Waals surface area contributed by atoms with Crippen LogP contribution in [0.4, 0.5) is 0 Å². The van der Waals surface area contributed by atoms with Crippen LogP contribution >= 0.6 is 0 Å². The zero-order valence-corrected chi connectivity index (χ0v) is 15.4. The Hall–Kier alpha value is -1.95. The minimum Gasteiger partial charge on any atom is -0.497 e. The van der Waals surface area contributed by atoms with Crippen molar-refractivity contribution >= 4 is 10.9 Å². The van der Waals surface area contributed by atoms with Gasteiger partial charge in [-0.1, -0.05) is 6.08 Å². The van der Waals surface area contributed by atoms with E-state index in [0.717, 1.165) is 41.6 Å². The van der Waals surface area contributed by atoms with E-state index < -0.39 is 11.7 Å². The molecule has 3 saturated heterocycles. The van der Waals surface area contributed by atoms with Crippen LogP contribution in [-0.2, 0) is 0 Å². The molecular formula is C21H27N2O3+. The smallest absolute Gasteiger partial charge is 0.134 e. The first kappa shape index (κ1) is 17.5. The van der Waals surface area contributed by atoms with Crippen LogP contribution in [0.1, 0.15) is 24.5 Å². The van der Waals surface area contributed by atoms with Crippen LogP contribution in [0.25, 0.3) is 10.9 Å². The molecule has 3 aliphatic rings. The molecule has 3 fully saturated rings. The fourth-order valence-electron chi connectivity index (χ4n) is 5.08. The number of quaternary nitrogens is 1. The Morgan fingerprint density at radius 3 is 2.92 bits per heavy atom. The van der Waals surface area contributed by atoms with Crippen LogP contribution in [0, 0.1) is 5.92 Å². The summed E-state index contributed by atoms with van der Waals surface area (Å²) in [4.78, 5) is 4.42. The third-order valence-electron chi connectivity index (χ3n) is 6.66. The number of hydrogen-bond donors (Lipinski definition) is 2. The fraction of sp³-hybridized carbons (Fsp3) is 0.476. The van der Waals surface area contributed by atoms with Gasteiger partial charge in [-0.05, 0) is 29.8 Å². The van der Waals surface area contributed by atoms with Gasteiger partial charge >= 0.3 is 0 Å². The van der Waals surface area contributed by atoms with E-state index in [1.807, 2.05) is 24.3 Å². The Bertz CT molecular complexity index is 854. The van der Waals surface area contributed by atoms with Gasteiger partial charge in [0.25, 0.3) is 0 Å². The molecule has 26 heavy (non-hydrogen) atoms. The molecular weight excluding hydrogens is 328 g/mol. The summed E-state index contributed by atoms with van der Waals surface area (Å²) < 4.78 is 6.02. The van der Waals surface area contributed by atoms with Crippen molar-refractivity contribution in [3.05, 3.63) is 48.7 Å². The van der Waals surface area contributed by atoms with Gasteiger partial charge in [-0.25, -0.2) is 0 Å². The number of pyridine rings is 1. The first-order valence-corrected chi connectivity index (χ1v) is 9.21. The number of hydrogen-bond acceptors (Lipinski definition) is 4. The molecule has 5 rings (SSSR count). The molecule has 2 N–H and O–H groups in total. The van der Waals surface area contributed by atoms with Crippen molar-refractivity contribution in [3.8, 4) is 5.75 Å². The van der Waals surface area contributed by atoms with Gasteiger partial charge in [-0.15, -0.1) is 6.58 Å². The Morgan fingerprint density at radius 1 is 1.42 bits per heavy atom. The number of ether oxygens (including phenoxy) is 1. The second-order valence-corrected chi connectivity index (χ2v) is 8.07. The Labute approximate surface area is 154 Å². The van der Waals surface area contributed by atoms with Gasteiger partial charge in [0.15, 0.2) is 0 Å². The summed E-state index contributed by atoms with van der Waals surface area (Å²) in [6, 6.07) is 7.70. The van der Waals surface area contributed by atoms with E-state index in [1.54, 1.807) is 19.4 Å². The van der Waals surface area contributed by atoms with Crippen molar-refractivity contribution in [2.24, 2.45) is 5.92 Å². The largest absolute Gasteiger partial charge is 0.497 e. The molecule has 5 nitrogen and oxygen atoms in total. The highest BCUT2D eigenvalue weighted by atomic mass is 16.5. The summed E-state index contributed by atoms with van der Waals surface area (Å²) in [7, 11) is 3.78. The van der Waals surface area contributed by atoms with Crippen LogP contribution in [0.15, 0.2) is 43.1 Å². The summed E-state index contributed by atoms with van der Waals surface area (Å²) >= 11 is 0. The van der Waals surface area contributed by atoms with Gasteiger partial charge in [0.2, 0.25) is 0 Å². The van der Waals surface area contributed by atoms with E-state index in [0.29, 0.717) is 11.0 Å². The molecule has 5 heteroatoms. The maximum atomic E-state index is 11.3. The molecule has 1 aromatic carbocycles. The summed E-state index contributed by atoms with van der Waals surface area (Å²) in [5.41, 5.74) is 0.906. The third kappa shape index (κ3) is 2.54. The fourth-order valence-corrected chi connectivity index (χ4v) is 5.08. The highest BCUT2D eigenvalue weighted by molar-refractivity contribution is 5.83. The Kier molecular flexibility index (Phi) is 4.06. The maximum Gasteiger partial charge on any atom is 0.134 e. The van der Waals surface area contributed by atoms with Crippen LogP contribution in [0.3, 0.4) is 0 Å². The topological polar surface area (TPSA) is 62.6 Å². The van der Waals surface area contributed by atoms with Crippen molar-refractivity contribution in [1.29, 1.82) is 0 Å². The van der Waals surface area contributed by atoms with Gasteiger partial charge in [-0.2, -0.15) is 0 Å². The zero-order chi connectivity index (χ0) is 18.5. The second-order valence-electron chi connectivity index (χ2n) is 8.07. The number of aliphatic hydroxyl groups excluding tert-OH is 1. The van der Waals surface area contributed by atoms with E-state index in [4.69, 9.17) is 4.74 Å². The quantitative estimate of drug-likeness (QED) is 0.653. The van der Waals surface area contributed by atoms with E-state index in [2.05, 4.69) is 18.6 Å². The number of benzene rings is 1. The molecule has 1 unspecified atom stereocenters.